The van der Waals surface area contributed by atoms with Gasteiger partial charge in [0.1, 0.15) is 18.0 Å². The Labute approximate surface area is 165 Å². The van der Waals surface area contributed by atoms with Crippen molar-refractivity contribution in [2.45, 2.75) is 33.0 Å². The van der Waals surface area contributed by atoms with Crippen molar-refractivity contribution in [1.29, 1.82) is 0 Å². The summed E-state index contributed by atoms with van der Waals surface area (Å²) in [5, 5.41) is 3.38. The van der Waals surface area contributed by atoms with Gasteiger partial charge in [0, 0.05) is 25.2 Å². The zero-order valence-corrected chi connectivity index (χ0v) is 16.1. The molecular formula is C22H24N4O2. The lowest BCUT2D eigenvalue weighted by Crippen LogP contribution is -2.31. The van der Waals surface area contributed by atoms with Crippen LogP contribution in [0.15, 0.2) is 60.9 Å². The Kier molecular flexibility index (Phi) is 5.28. The lowest BCUT2D eigenvalue weighted by Gasteiger charge is -2.28. The van der Waals surface area contributed by atoms with Gasteiger partial charge in [-0.3, -0.25) is 0 Å². The van der Waals surface area contributed by atoms with E-state index in [4.69, 9.17) is 9.47 Å². The molecule has 28 heavy (non-hydrogen) atoms. The predicted molar refractivity (Wildman–Crippen MR) is 110 cm³/mol. The molecule has 3 aromatic rings. The van der Waals surface area contributed by atoms with Gasteiger partial charge in [-0.2, -0.15) is 0 Å². The number of fused-ring (bicyclic) bond motifs is 1. The first-order valence-corrected chi connectivity index (χ1v) is 9.44. The van der Waals surface area contributed by atoms with Gasteiger partial charge >= 0.3 is 0 Å². The second-order valence-electron chi connectivity index (χ2n) is 7.01. The highest BCUT2D eigenvalue weighted by Crippen LogP contribution is 2.32. The topological polar surface area (TPSA) is 59.5 Å². The van der Waals surface area contributed by atoms with Crippen LogP contribution in [0.2, 0.25) is 0 Å². The first-order chi connectivity index (χ1) is 13.7. The molecule has 4 rings (SSSR count). The van der Waals surface area contributed by atoms with Gasteiger partial charge in [0.2, 0.25) is 6.79 Å². The Morgan fingerprint density at radius 3 is 2.61 bits per heavy atom. The smallest absolute Gasteiger partial charge is 0.231 e. The molecule has 0 bridgehead atoms. The number of ether oxygens (including phenoxy) is 2. The van der Waals surface area contributed by atoms with E-state index in [2.05, 4.69) is 58.3 Å². The highest BCUT2D eigenvalue weighted by Gasteiger charge is 2.15. The number of nitrogens with zero attached hydrogens (tertiary/aromatic N) is 3. The first-order valence-electron chi connectivity index (χ1n) is 9.44. The molecule has 0 atom stereocenters. The molecule has 0 saturated carbocycles. The average molecular weight is 376 g/mol. The van der Waals surface area contributed by atoms with Crippen LogP contribution in [-0.4, -0.2) is 22.8 Å². The highest BCUT2D eigenvalue weighted by atomic mass is 16.7. The van der Waals surface area contributed by atoms with Gasteiger partial charge in [0.15, 0.2) is 11.5 Å². The van der Waals surface area contributed by atoms with Crippen LogP contribution in [0.4, 0.5) is 11.6 Å². The fourth-order valence-electron chi connectivity index (χ4n) is 3.15. The first kappa shape index (κ1) is 18.1. The van der Waals surface area contributed by atoms with Crippen LogP contribution in [-0.2, 0) is 13.1 Å². The van der Waals surface area contributed by atoms with Crippen molar-refractivity contribution in [3.63, 3.8) is 0 Å². The third-order valence-corrected chi connectivity index (χ3v) is 4.68. The van der Waals surface area contributed by atoms with Crippen LogP contribution in [0.3, 0.4) is 0 Å². The van der Waals surface area contributed by atoms with Crippen molar-refractivity contribution >= 4 is 11.6 Å². The van der Waals surface area contributed by atoms with E-state index in [0.717, 1.165) is 35.2 Å². The van der Waals surface area contributed by atoms with Crippen molar-refractivity contribution in [3.8, 4) is 11.5 Å². The molecule has 2 heterocycles. The average Bonchev–Trinajstić information content (AvgIpc) is 3.19. The maximum absolute atomic E-state index is 5.44. The normalized spacial score (nSPS) is 12.2. The van der Waals surface area contributed by atoms with Gasteiger partial charge in [-0.1, -0.05) is 36.4 Å². The third-order valence-electron chi connectivity index (χ3n) is 4.68. The second kappa shape index (κ2) is 8.17. The lowest BCUT2D eigenvalue weighted by atomic mass is 10.2. The van der Waals surface area contributed by atoms with Crippen molar-refractivity contribution < 1.29 is 9.47 Å². The summed E-state index contributed by atoms with van der Waals surface area (Å²) in [5.74, 6) is 3.28. The molecule has 0 amide bonds. The highest BCUT2D eigenvalue weighted by molar-refractivity contribution is 5.50. The Morgan fingerprint density at radius 2 is 1.79 bits per heavy atom. The van der Waals surface area contributed by atoms with Crippen LogP contribution in [0.5, 0.6) is 11.5 Å². The Bertz CT molecular complexity index is 931. The van der Waals surface area contributed by atoms with E-state index >= 15 is 0 Å². The summed E-state index contributed by atoms with van der Waals surface area (Å²) >= 11 is 0. The quantitative estimate of drug-likeness (QED) is 0.666. The molecule has 1 aromatic heterocycles. The Balaban J connectivity index is 1.46. The number of hydrogen-bond acceptors (Lipinski definition) is 6. The summed E-state index contributed by atoms with van der Waals surface area (Å²) in [6.07, 6.45) is 1.61. The van der Waals surface area contributed by atoms with Crippen molar-refractivity contribution in [2.75, 3.05) is 17.0 Å². The molecule has 6 nitrogen and oxygen atoms in total. The molecule has 0 radical (unpaired) electrons. The van der Waals surface area contributed by atoms with Gasteiger partial charge in [0.05, 0.1) is 0 Å². The summed E-state index contributed by atoms with van der Waals surface area (Å²) in [4.78, 5) is 11.1. The molecule has 0 aliphatic carbocycles. The van der Waals surface area contributed by atoms with Crippen molar-refractivity contribution in [3.05, 3.63) is 72.1 Å². The van der Waals surface area contributed by atoms with Crippen LogP contribution in [0, 0.1) is 0 Å². The largest absolute Gasteiger partial charge is 0.454 e. The minimum Gasteiger partial charge on any atom is -0.454 e. The standard InChI is InChI=1S/C22H24N4O2/c1-16(2)26(13-17-6-4-3-5-7-17)22-11-21(24-14-25-22)23-12-18-8-9-19-20(10-18)28-15-27-19/h3-11,14,16H,12-13,15H2,1-2H3,(H,23,24,25). The molecule has 1 aliphatic heterocycles. The second-order valence-corrected chi connectivity index (χ2v) is 7.01. The van der Waals surface area contributed by atoms with E-state index in [-0.39, 0.29) is 6.79 Å². The van der Waals surface area contributed by atoms with E-state index < -0.39 is 0 Å². The molecule has 0 unspecified atom stereocenters. The number of anilines is 2. The van der Waals surface area contributed by atoms with Crippen LogP contribution < -0.4 is 19.7 Å². The molecule has 144 valence electrons. The van der Waals surface area contributed by atoms with Crippen LogP contribution in [0.1, 0.15) is 25.0 Å². The SMILES string of the molecule is CC(C)N(Cc1ccccc1)c1cc(NCc2ccc3c(c2)OCO3)ncn1. The number of aromatic nitrogens is 2. The summed E-state index contributed by atoms with van der Waals surface area (Å²) in [6, 6.07) is 18.7. The number of nitrogens with one attached hydrogen (secondary N) is 1. The molecule has 1 N–H and O–H groups in total. The van der Waals surface area contributed by atoms with E-state index in [1.165, 1.54) is 5.56 Å². The zero-order valence-electron chi connectivity index (χ0n) is 16.1. The van der Waals surface area contributed by atoms with Crippen LogP contribution >= 0.6 is 0 Å². The summed E-state index contributed by atoms with van der Waals surface area (Å²) < 4.78 is 10.8. The van der Waals surface area contributed by atoms with Crippen molar-refractivity contribution in [1.82, 2.24) is 9.97 Å². The lowest BCUT2D eigenvalue weighted by molar-refractivity contribution is 0.174. The zero-order chi connectivity index (χ0) is 19.3. The van der Waals surface area contributed by atoms with Gasteiger partial charge < -0.3 is 19.7 Å². The molecule has 6 heteroatoms. The van der Waals surface area contributed by atoms with E-state index in [9.17, 15) is 0 Å². The van der Waals surface area contributed by atoms with E-state index in [0.29, 0.717) is 12.6 Å². The number of rotatable bonds is 7. The minimum atomic E-state index is 0.286. The molecule has 1 aliphatic rings. The molecule has 2 aromatic carbocycles. The Hall–Kier alpha value is -3.28. The molecular weight excluding hydrogens is 352 g/mol. The molecule has 0 fully saturated rings. The minimum absolute atomic E-state index is 0.286. The van der Waals surface area contributed by atoms with Gasteiger partial charge in [-0.25, -0.2) is 9.97 Å². The number of benzene rings is 2. The fourth-order valence-corrected chi connectivity index (χ4v) is 3.15. The maximum atomic E-state index is 5.44. The Morgan fingerprint density at radius 1 is 0.964 bits per heavy atom. The third kappa shape index (κ3) is 4.17. The van der Waals surface area contributed by atoms with Gasteiger partial charge in [0.25, 0.3) is 0 Å². The van der Waals surface area contributed by atoms with E-state index in [1.54, 1.807) is 6.33 Å². The van der Waals surface area contributed by atoms with Gasteiger partial charge in [-0.15, -0.1) is 0 Å². The predicted octanol–water partition coefficient (Wildman–Crippen LogP) is 4.23. The fraction of sp³-hybridized carbons (Fsp3) is 0.273. The number of hydrogen-bond donors (Lipinski definition) is 1. The molecule has 0 saturated heterocycles. The molecule has 0 spiro atoms. The maximum Gasteiger partial charge on any atom is 0.231 e. The summed E-state index contributed by atoms with van der Waals surface area (Å²) in [7, 11) is 0. The van der Waals surface area contributed by atoms with E-state index in [1.807, 2.05) is 30.3 Å². The monoisotopic (exact) mass is 376 g/mol. The van der Waals surface area contributed by atoms with Crippen molar-refractivity contribution in [2.24, 2.45) is 0 Å². The summed E-state index contributed by atoms with van der Waals surface area (Å²) in [5.41, 5.74) is 2.36. The van der Waals surface area contributed by atoms with Crippen LogP contribution in [0.25, 0.3) is 0 Å². The summed E-state index contributed by atoms with van der Waals surface area (Å²) in [6.45, 7) is 6.08. The van der Waals surface area contributed by atoms with Gasteiger partial charge in [-0.05, 0) is 37.1 Å².